The summed E-state index contributed by atoms with van der Waals surface area (Å²) in [6, 6.07) is 8.84. The van der Waals surface area contributed by atoms with E-state index in [0.717, 1.165) is 63.7 Å². The van der Waals surface area contributed by atoms with Gasteiger partial charge in [0.1, 0.15) is 17.0 Å². The largest absolute Gasteiger partial charge is 0.369 e. The number of nitrogens with zero attached hydrogens (tertiary/aromatic N) is 6. The van der Waals surface area contributed by atoms with Crippen molar-refractivity contribution >= 4 is 55.7 Å². The Bertz CT molecular complexity index is 1200. The van der Waals surface area contributed by atoms with Gasteiger partial charge in [-0.05, 0) is 44.2 Å². The maximum atomic E-state index is 4.54. The number of fused-ring (bicyclic) bond motifs is 3. The molecular formula is C22H26ClN7S. The van der Waals surface area contributed by atoms with Gasteiger partial charge < -0.3 is 15.1 Å². The summed E-state index contributed by atoms with van der Waals surface area (Å²) in [5.41, 5.74) is 5.55. The quantitative estimate of drug-likeness (QED) is 0.498. The number of aromatic nitrogens is 4. The summed E-state index contributed by atoms with van der Waals surface area (Å²) in [6.07, 6.45) is 1.63. The Morgan fingerprint density at radius 1 is 1.00 bits per heavy atom. The van der Waals surface area contributed by atoms with E-state index >= 15 is 0 Å². The van der Waals surface area contributed by atoms with Gasteiger partial charge in [0.25, 0.3) is 0 Å². The molecule has 0 atom stereocenters. The number of nitrogens with one attached hydrogen (secondary N) is 1. The van der Waals surface area contributed by atoms with Crippen LogP contribution in [0.2, 0.25) is 0 Å². The highest BCUT2D eigenvalue weighted by atomic mass is 35.5. The van der Waals surface area contributed by atoms with Gasteiger partial charge in [0.2, 0.25) is 0 Å². The van der Waals surface area contributed by atoms with Gasteiger partial charge >= 0.3 is 0 Å². The van der Waals surface area contributed by atoms with Crippen LogP contribution < -0.4 is 10.2 Å². The van der Waals surface area contributed by atoms with E-state index in [0.29, 0.717) is 6.54 Å². The van der Waals surface area contributed by atoms with Gasteiger partial charge in [0, 0.05) is 43.8 Å². The lowest BCUT2D eigenvalue weighted by Crippen LogP contribution is -2.44. The molecule has 0 radical (unpaired) electrons. The average Bonchev–Trinajstić information content (AvgIpc) is 3.16. The van der Waals surface area contributed by atoms with Gasteiger partial charge in [-0.3, -0.25) is 0 Å². The maximum absolute atomic E-state index is 4.54. The molecule has 1 aliphatic rings. The van der Waals surface area contributed by atoms with Gasteiger partial charge in [-0.1, -0.05) is 12.1 Å². The lowest BCUT2D eigenvalue weighted by atomic mass is 10.1. The number of piperazine rings is 1. The fraction of sp³-hybridized carbons (Fsp3) is 0.364. The van der Waals surface area contributed by atoms with Crippen LogP contribution in [-0.4, -0.2) is 58.3 Å². The number of rotatable bonds is 4. The second-order valence-electron chi connectivity index (χ2n) is 7.90. The fourth-order valence-electron chi connectivity index (χ4n) is 3.88. The van der Waals surface area contributed by atoms with Crippen LogP contribution in [0.3, 0.4) is 0 Å². The molecule has 7 nitrogen and oxygen atoms in total. The number of hydrogen-bond acceptors (Lipinski definition) is 8. The molecule has 162 valence electrons. The topological polar surface area (TPSA) is 70.1 Å². The van der Waals surface area contributed by atoms with Gasteiger partial charge in [-0.25, -0.2) is 9.97 Å². The molecular weight excluding hydrogens is 430 g/mol. The Morgan fingerprint density at radius 3 is 2.48 bits per heavy atom. The van der Waals surface area contributed by atoms with E-state index in [9.17, 15) is 0 Å². The SMILES string of the molecule is Cc1nnc2sc3c(NCc4ccc(N5CCN(C)CC5)cc4)ncnc3c2c1C.Cl. The van der Waals surface area contributed by atoms with Crippen LogP contribution in [0, 0.1) is 13.8 Å². The van der Waals surface area contributed by atoms with Crippen molar-refractivity contribution in [3.05, 3.63) is 47.4 Å². The minimum atomic E-state index is 0. The monoisotopic (exact) mass is 455 g/mol. The number of benzene rings is 1. The van der Waals surface area contributed by atoms with Crippen molar-refractivity contribution in [3.63, 3.8) is 0 Å². The standard InChI is InChI=1S/C22H25N7S.ClH/c1-14-15(2)26-27-22-18(14)19-20(30-22)21(25-13-24-19)23-12-16-4-6-17(7-5-16)29-10-8-28(3)9-11-29;/h4-7,13H,8-12H2,1-3H3,(H,23,24,25);1H. The van der Waals surface area contributed by atoms with Crippen molar-refractivity contribution in [3.8, 4) is 0 Å². The number of anilines is 2. The van der Waals surface area contributed by atoms with Crippen LogP contribution in [0.4, 0.5) is 11.5 Å². The first-order valence-corrected chi connectivity index (χ1v) is 11.0. The Hall–Kier alpha value is -2.55. The zero-order valence-electron chi connectivity index (χ0n) is 17.9. The highest BCUT2D eigenvalue weighted by Gasteiger charge is 2.16. The minimum Gasteiger partial charge on any atom is -0.369 e. The van der Waals surface area contributed by atoms with E-state index in [1.54, 1.807) is 17.7 Å². The van der Waals surface area contributed by atoms with E-state index in [4.69, 9.17) is 0 Å². The Balaban J connectivity index is 0.00000231. The molecule has 0 unspecified atom stereocenters. The summed E-state index contributed by atoms with van der Waals surface area (Å²) < 4.78 is 1.03. The molecule has 4 heterocycles. The molecule has 0 saturated carbocycles. The summed E-state index contributed by atoms with van der Waals surface area (Å²) in [5.74, 6) is 0.850. The molecule has 31 heavy (non-hydrogen) atoms. The minimum absolute atomic E-state index is 0. The fourth-order valence-corrected chi connectivity index (χ4v) is 4.98. The number of hydrogen-bond donors (Lipinski definition) is 1. The van der Waals surface area contributed by atoms with E-state index in [1.165, 1.54) is 11.3 Å². The van der Waals surface area contributed by atoms with Crippen molar-refractivity contribution in [2.45, 2.75) is 20.4 Å². The second-order valence-corrected chi connectivity index (χ2v) is 8.90. The second kappa shape index (κ2) is 8.90. The third-order valence-electron chi connectivity index (χ3n) is 5.93. The summed E-state index contributed by atoms with van der Waals surface area (Å²) in [6.45, 7) is 9.18. The van der Waals surface area contributed by atoms with Gasteiger partial charge in [0.15, 0.2) is 0 Å². The molecule has 3 aromatic heterocycles. The molecule has 0 amide bonds. The molecule has 1 fully saturated rings. The lowest BCUT2D eigenvalue weighted by Gasteiger charge is -2.34. The molecule has 1 N–H and O–H groups in total. The highest BCUT2D eigenvalue weighted by molar-refractivity contribution is 7.25. The highest BCUT2D eigenvalue weighted by Crippen LogP contribution is 2.36. The molecule has 1 aromatic carbocycles. The zero-order valence-corrected chi connectivity index (χ0v) is 19.6. The molecule has 0 aliphatic carbocycles. The molecule has 5 rings (SSSR count). The van der Waals surface area contributed by atoms with Crippen molar-refractivity contribution < 1.29 is 0 Å². The third-order valence-corrected chi connectivity index (χ3v) is 7.00. The predicted molar refractivity (Wildman–Crippen MR) is 131 cm³/mol. The van der Waals surface area contributed by atoms with Crippen LogP contribution >= 0.6 is 23.7 Å². The first-order chi connectivity index (χ1) is 14.6. The molecule has 0 spiro atoms. The molecule has 1 saturated heterocycles. The van der Waals surface area contributed by atoms with Gasteiger partial charge in [-0.2, -0.15) is 5.10 Å². The smallest absolute Gasteiger partial charge is 0.149 e. The van der Waals surface area contributed by atoms with E-state index in [2.05, 4.69) is 73.5 Å². The van der Waals surface area contributed by atoms with Crippen molar-refractivity contribution in [1.29, 1.82) is 0 Å². The van der Waals surface area contributed by atoms with Crippen LogP contribution in [0.15, 0.2) is 30.6 Å². The Labute approximate surface area is 191 Å². The lowest BCUT2D eigenvalue weighted by molar-refractivity contribution is 0.313. The molecule has 9 heteroatoms. The average molecular weight is 456 g/mol. The van der Waals surface area contributed by atoms with E-state index in [1.807, 2.05) is 6.92 Å². The number of halogens is 1. The van der Waals surface area contributed by atoms with Crippen LogP contribution in [0.1, 0.15) is 16.8 Å². The van der Waals surface area contributed by atoms with Crippen LogP contribution in [0.25, 0.3) is 20.4 Å². The summed E-state index contributed by atoms with van der Waals surface area (Å²) in [7, 11) is 2.18. The first kappa shape index (κ1) is 21.7. The Kier molecular flexibility index (Phi) is 6.22. The molecule has 1 aliphatic heterocycles. The number of thiophene rings is 1. The van der Waals surface area contributed by atoms with Crippen LogP contribution in [-0.2, 0) is 6.54 Å². The zero-order chi connectivity index (χ0) is 20.7. The van der Waals surface area contributed by atoms with Crippen molar-refractivity contribution in [2.75, 3.05) is 43.4 Å². The summed E-state index contributed by atoms with van der Waals surface area (Å²) >= 11 is 1.60. The van der Waals surface area contributed by atoms with Crippen molar-refractivity contribution in [2.24, 2.45) is 0 Å². The van der Waals surface area contributed by atoms with E-state index < -0.39 is 0 Å². The molecule has 4 aromatic rings. The Morgan fingerprint density at radius 2 is 1.74 bits per heavy atom. The third kappa shape index (κ3) is 4.15. The maximum Gasteiger partial charge on any atom is 0.149 e. The van der Waals surface area contributed by atoms with Crippen molar-refractivity contribution in [1.82, 2.24) is 25.1 Å². The predicted octanol–water partition coefficient (Wildman–Crippen LogP) is 4.04. The number of aryl methyl sites for hydroxylation is 2. The summed E-state index contributed by atoms with van der Waals surface area (Å²) in [4.78, 5) is 14.8. The summed E-state index contributed by atoms with van der Waals surface area (Å²) in [5, 5.41) is 13.2. The first-order valence-electron chi connectivity index (χ1n) is 10.2. The normalized spacial score (nSPS) is 14.7. The van der Waals surface area contributed by atoms with Gasteiger partial charge in [0.05, 0.1) is 15.9 Å². The van der Waals surface area contributed by atoms with E-state index in [-0.39, 0.29) is 12.4 Å². The van der Waals surface area contributed by atoms with Crippen LogP contribution in [0.5, 0.6) is 0 Å². The molecule has 0 bridgehead atoms. The number of likely N-dealkylation sites (N-methyl/N-ethyl adjacent to an activating group) is 1. The van der Waals surface area contributed by atoms with Gasteiger partial charge in [-0.15, -0.1) is 28.8 Å².